The highest BCUT2D eigenvalue weighted by atomic mass is 16.2. The lowest BCUT2D eigenvalue weighted by Gasteiger charge is -2.21. The van der Waals surface area contributed by atoms with Gasteiger partial charge in [0.25, 0.3) is 0 Å². The quantitative estimate of drug-likeness (QED) is 0.932. The Kier molecular flexibility index (Phi) is 4.70. The number of urea groups is 1. The van der Waals surface area contributed by atoms with Gasteiger partial charge < -0.3 is 9.80 Å². The minimum Gasteiger partial charge on any atom is -0.324 e. The SMILES string of the molecule is O=C(Nc1nccn1-c1ccccc1)N1CC[C@@H](CN2CCCC2)C1. The average Bonchev–Trinajstić information content (AvgIpc) is 3.38. The van der Waals surface area contributed by atoms with Gasteiger partial charge in [0.1, 0.15) is 0 Å². The van der Waals surface area contributed by atoms with E-state index in [0.717, 1.165) is 31.7 Å². The summed E-state index contributed by atoms with van der Waals surface area (Å²) in [5.74, 6) is 1.16. The summed E-state index contributed by atoms with van der Waals surface area (Å²) >= 11 is 0. The zero-order valence-electron chi connectivity index (χ0n) is 14.5. The molecule has 3 heterocycles. The van der Waals surface area contributed by atoms with Crippen molar-refractivity contribution in [2.24, 2.45) is 5.92 Å². The predicted molar refractivity (Wildman–Crippen MR) is 97.9 cm³/mol. The summed E-state index contributed by atoms with van der Waals surface area (Å²) in [5, 5.41) is 2.97. The fourth-order valence-corrected chi connectivity index (χ4v) is 3.86. The molecular formula is C19H25N5O. The van der Waals surface area contributed by atoms with Gasteiger partial charge in [-0.3, -0.25) is 9.88 Å². The van der Waals surface area contributed by atoms with Crippen molar-refractivity contribution < 1.29 is 4.79 Å². The number of hydrogen-bond donors (Lipinski definition) is 1. The molecule has 0 radical (unpaired) electrons. The molecular weight excluding hydrogens is 314 g/mol. The minimum absolute atomic E-state index is 0.0488. The summed E-state index contributed by atoms with van der Waals surface area (Å²) in [6.45, 7) is 5.24. The van der Waals surface area contributed by atoms with Crippen molar-refractivity contribution in [1.29, 1.82) is 0 Å². The number of imidazole rings is 1. The first-order chi connectivity index (χ1) is 12.3. The summed E-state index contributed by atoms with van der Waals surface area (Å²) in [6.07, 6.45) is 7.31. The third-order valence-corrected chi connectivity index (χ3v) is 5.18. The average molecular weight is 339 g/mol. The van der Waals surface area contributed by atoms with Crippen LogP contribution in [0.3, 0.4) is 0 Å². The van der Waals surface area contributed by atoms with E-state index in [2.05, 4.69) is 15.2 Å². The maximum absolute atomic E-state index is 12.6. The first-order valence-corrected chi connectivity index (χ1v) is 9.16. The van der Waals surface area contributed by atoms with Crippen molar-refractivity contribution in [2.45, 2.75) is 19.3 Å². The van der Waals surface area contributed by atoms with Gasteiger partial charge in [-0.2, -0.15) is 0 Å². The first-order valence-electron chi connectivity index (χ1n) is 9.16. The Morgan fingerprint density at radius 2 is 1.96 bits per heavy atom. The topological polar surface area (TPSA) is 53.4 Å². The van der Waals surface area contributed by atoms with E-state index >= 15 is 0 Å². The van der Waals surface area contributed by atoms with Crippen LogP contribution in [0.1, 0.15) is 19.3 Å². The molecule has 2 saturated heterocycles. The number of nitrogens with one attached hydrogen (secondary N) is 1. The minimum atomic E-state index is -0.0488. The van der Waals surface area contributed by atoms with Gasteiger partial charge in [0.2, 0.25) is 5.95 Å². The highest BCUT2D eigenvalue weighted by molar-refractivity contribution is 5.88. The monoisotopic (exact) mass is 339 g/mol. The number of para-hydroxylation sites is 1. The number of aromatic nitrogens is 2. The fourth-order valence-electron chi connectivity index (χ4n) is 3.86. The van der Waals surface area contributed by atoms with Crippen LogP contribution in [0.4, 0.5) is 10.7 Å². The smallest absolute Gasteiger partial charge is 0.324 e. The molecule has 132 valence electrons. The molecule has 2 aromatic rings. The van der Waals surface area contributed by atoms with Crippen LogP contribution in [0, 0.1) is 5.92 Å². The first kappa shape index (κ1) is 16.1. The molecule has 2 amide bonds. The molecule has 2 fully saturated rings. The third kappa shape index (κ3) is 3.69. The molecule has 0 bridgehead atoms. The van der Waals surface area contributed by atoms with Crippen molar-refractivity contribution in [3.05, 3.63) is 42.7 Å². The van der Waals surface area contributed by atoms with E-state index in [1.807, 2.05) is 46.0 Å². The van der Waals surface area contributed by atoms with E-state index in [1.54, 1.807) is 6.20 Å². The molecule has 0 saturated carbocycles. The summed E-state index contributed by atoms with van der Waals surface area (Å²) in [5.41, 5.74) is 0.989. The van der Waals surface area contributed by atoms with E-state index in [4.69, 9.17) is 0 Å². The van der Waals surface area contributed by atoms with Gasteiger partial charge in [0, 0.05) is 37.7 Å². The molecule has 0 aliphatic carbocycles. The van der Waals surface area contributed by atoms with E-state index < -0.39 is 0 Å². The predicted octanol–water partition coefficient (Wildman–Crippen LogP) is 2.82. The number of anilines is 1. The lowest BCUT2D eigenvalue weighted by atomic mass is 10.1. The van der Waals surface area contributed by atoms with Crippen molar-refractivity contribution >= 4 is 12.0 Å². The Balaban J connectivity index is 1.36. The maximum atomic E-state index is 12.6. The van der Waals surface area contributed by atoms with Crippen molar-refractivity contribution in [2.75, 3.05) is 38.0 Å². The van der Waals surface area contributed by atoms with Gasteiger partial charge >= 0.3 is 6.03 Å². The lowest BCUT2D eigenvalue weighted by Crippen LogP contribution is -2.35. The molecule has 2 aliphatic heterocycles. The third-order valence-electron chi connectivity index (χ3n) is 5.18. The van der Waals surface area contributed by atoms with Gasteiger partial charge in [0.05, 0.1) is 0 Å². The maximum Gasteiger partial charge on any atom is 0.324 e. The van der Waals surface area contributed by atoms with E-state index in [0.29, 0.717) is 11.9 Å². The van der Waals surface area contributed by atoms with Gasteiger partial charge in [-0.05, 0) is 50.4 Å². The van der Waals surface area contributed by atoms with Crippen LogP contribution >= 0.6 is 0 Å². The molecule has 0 unspecified atom stereocenters. The molecule has 4 rings (SSSR count). The molecule has 0 spiro atoms. The van der Waals surface area contributed by atoms with Gasteiger partial charge in [0.15, 0.2) is 0 Å². The Bertz CT molecular complexity index is 708. The Hall–Kier alpha value is -2.34. The number of rotatable bonds is 4. The summed E-state index contributed by atoms with van der Waals surface area (Å²) in [4.78, 5) is 21.4. The highest BCUT2D eigenvalue weighted by Crippen LogP contribution is 2.21. The Morgan fingerprint density at radius 3 is 2.76 bits per heavy atom. The van der Waals surface area contributed by atoms with Crippen LogP contribution < -0.4 is 5.32 Å². The van der Waals surface area contributed by atoms with E-state index in [1.165, 1.54) is 25.9 Å². The highest BCUT2D eigenvalue weighted by Gasteiger charge is 2.28. The van der Waals surface area contributed by atoms with Crippen LogP contribution in [-0.4, -0.2) is 58.1 Å². The van der Waals surface area contributed by atoms with Crippen LogP contribution in [0.2, 0.25) is 0 Å². The standard InChI is InChI=1S/C19H25N5O/c25-19(23-12-8-16(15-23)14-22-10-4-5-11-22)21-18-20-9-13-24(18)17-6-2-1-3-7-17/h1-3,6-7,9,13,16H,4-5,8,10-12,14-15H2,(H,20,21,25)/t16-/m0/s1. The molecule has 6 heteroatoms. The molecule has 1 atom stereocenters. The molecule has 1 N–H and O–H groups in total. The number of carbonyl (C=O) groups excluding carboxylic acids is 1. The molecule has 2 aliphatic rings. The Morgan fingerprint density at radius 1 is 1.16 bits per heavy atom. The van der Waals surface area contributed by atoms with E-state index in [-0.39, 0.29) is 6.03 Å². The summed E-state index contributed by atoms with van der Waals surface area (Å²) in [7, 11) is 0. The normalized spacial score (nSPS) is 21.0. The second-order valence-corrected chi connectivity index (χ2v) is 6.99. The number of benzene rings is 1. The number of hydrogen-bond acceptors (Lipinski definition) is 3. The van der Waals surface area contributed by atoms with Gasteiger partial charge in [-0.15, -0.1) is 0 Å². The van der Waals surface area contributed by atoms with E-state index in [9.17, 15) is 4.79 Å². The zero-order chi connectivity index (χ0) is 17.1. The molecule has 6 nitrogen and oxygen atoms in total. The Labute approximate surface area is 148 Å². The summed E-state index contributed by atoms with van der Waals surface area (Å²) < 4.78 is 1.90. The largest absolute Gasteiger partial charge is 0.324 e. The molecule has 1 aromatic heterocycles. The number of likely N-dealkylation sites (tertiary alicyclic amines) is 2. The lowest BCUT2D eigenvalue weighted by molar-refractivity contribution is 0.217. The van der Waals surface area contributed by atoms with Crippen LogP contribution in [0.15, 0.2) is 42.7 Å². The second-order valence-electron chi connectivity index (χ2n) is 6.99. The van der Waals surface area contributed by atoms with Gasteiger partial charge in [-0.25, -0.2) is 9.78 Å². The van der Waals surface area contributed by atoms with Crippen LogP contribution in [0.25, 0.3) is 5.69 Å². The second kappa shape index (κ2) is 7.27. The van der Waals surface area contributed by atoms with Crippen molar-refractivity contribution in [1.82, 2.24) is 19.4 Å². The zero-order valence-corrected chi connectivity index (χ0v) is 14.5. The van der Waals surface area contributed by atoms with Crippen molar-refractivity contribution in [3.8, 4) is 5.69 Å². The fraction of sp³-hybridized carbons (Fsp3) is 0.474. The van der Waals surface area contributed by atoms with Gasteiger partial charge in [-0.1, -0.05) is 18.2 Å². The summed E-state index contributed by atoms with van der Waals surface area (Å²) in [6, 6.07) is 9.88. The number of amides is 2. The molecule has 1 aromatic carbocycles. The van der Waals surface area contributed by atoms with Crippen LogP contribution in [-0.2, 0) is 0 Å². The number of nitrogens with zero attached hydrogens (tertiary/aromatic N) is 4. The van der Waals surface area contributed by atoms with Crippen LogP contribution in [0.5, 0.6) is 0 Å². The van der Waals surface area contributed by atoms with Crippen molar-refractivity contribution in [3.63, 3.8) is 0 Å². The number of carbonyl (C=O) groups is 1. The molecule has 25 heavy (non-hydrogen) atoms.